The molecule has 0 bridgehead atoms. The summed E-state index contributed by atoms with van der Waals surface area (Å²) in [7, 11) is 0. The molecule has 1 aliphatic heterocycles. The van der Waals surface area contributed by atoms with Crippen molar-refractivity contribution in [2.24, 2.45) is 0 Å². The van der Waals surface area contributed by atoms with Crippen molar-refractivity contribution in [2.45, 2.75) is 51.6 Å². The third-order valence-corrected chi connectivity index (χ3v) is 3.63. The first-order valence-electron chi connectivity index (χ1n) is 7.21. The van der Waals surface area contributed by atoms with E-state index in [0.29, 0.717) is 36.4 Å². The predicted molar refractivity (Wildman–Crippen MR) is 76.8 cm³/mol. The molecule has 0 aromatic heterocycles. The molecule has 3 nitrogen and oxygen atoms in total. The first-order valence-corrected chi connectivity index (χ1v) is 7.21. The molecule has 0 saturated carbocycles. The van der Waals surface area contributed by atoms with Gasteiger partial charge in [-0.05, 0) is 38.8 Å². The van der Waals surface area contributed by atoms with E-state index in [1.165, 1.54) is 12.8 Å². The van der Waals surface area contributed by atoms with E-state index in [2.05, 4.69) is 12.2 Å². The van der Waals surface area contributed by atoms with Crippen LogP contribution in [-0.4, -0.2) is 24.5 Å². The number of hydrogen-bond donors (Lipinski definition) is 1. The quantitative estimate of drug-likeness (QED) is 0.827. The molecule has 1 aliphatic rings. The molecular weight excluding hydrogens is 238 g/mol. The number of piperidine rings is 1. The number of Topliss-reactive ketones (excluding diaryl/α,β-unsaturated/α-hetero) is 1. The van der Waals surface area contributed by atoms with Gasteiger partial charge in [-0.25, -0.2) is 0 Å². The molecule has 0 aliphatic carbocycles. The lowest BCUT2D eigenvalue weighted by molar-refractivity contribution is 0.0956. The molecule has 0 amide bonds. The second kappa shape index (κ2) is 6.71. The van der Waals surface area contributed by atoms with Crippen molar-refractivity contribution < 1.29 is 9.53 Å². The molecule has 3 heteroatoms. The van der Waals surface area contributed by atoms with Gasteiger partial charge in [-0.3, -0.25) is 4.79 Å². The van der Waals surface area contributed by atoms with Crippen LogP contribution in [0.5, 0.6) is 5.75 Å². The lowest BCUT2D eigenvalue weighted by atomic mass is 9.94. The standard InChI is InChI=1S/C16H23NO2/c1-3-19-16-10-5-4-9-14(16)15(18)11-13-8-6-7-12(2)17-13/h4-5,9-10,12-13,17H,3,6-8,11H2,1-2H3. The van der Waals surface area contributed by atoms with Crippen LogP contribution < -0.4 is 10.1 Å². The second-order valence-electron chi connectivity index (χ2n) is 5.25. The highest BCUT2D eigenvalue weighted by Crippen LogP contribution is 2.22. The fourth-order valence-corrected chi connectivity index (χ4v) is 2.71. The monoisotopic (exact) mass is 261 g/mol. The van der Waals surface area contributed by atoms with Gasteiger partial charge in [0, 0.05) is 18.5 Å². The van der Waals surface area contributed by atoms with Crippen molar-refractivity contribution >= 4 is 5.78 Å². The Kier molecular flexibility index (Phi) is 4.97. The Morgan fingerprint density at radius 3 is 2.89 bits per heavy atom. The van der Waals surface area contributed by atoms with E-state index in [9.17, 15) is 4.79 Å². The van der Waals surface area contributed by atoms with E-state index >= 15 is 0 Å². The fraction of sp³-hybridized carbons (Fsp3) is 0.562. The molecule has 1 N–H and O–H groups in total. The summed E-state index contributed by atoms with van der Waals surface area (Å²) in [5.74, 6) is 0.884. The summed E-state index contributed by atoms with van der Waals surface area (Å²) >= 11 is 0. The molecule has 0 radical (unpaired) electrons. The van der Waals surface area contributed by atoms with Crippen molar-refractivity contribution in [1.82, 2.24) is 5.32 Å². The Morgan fingerprint density at radius 1 is 1.37 bits per heavy atom. The van der Waals surface area contributed by atoms with Gasteiger partial charge in [0.15, 0.2) is 5.78 Å². The van der Waals surface area contributed by atoms with Crippen LogP contribution in [0.25, 0.3) is 0 Å². The van der Waals surface area contributed by atoms with E-state index in [1.54, 1.807) is 0 Å². The smallest absolute Gasteiger partial charge is 0.168 e. The summed E-state index contributed by atoms with van der Waals surface area (Å²) in [6, 6.07) is 8.36. The van der Waals surface area contributed by atoms with Crippen molar-refractivity contribution in [3.63, 3.8) is 0 Å². The molecule has 2 unspecified atom stereocenters. The van der Waals surface area contributed by atoms with Crippen molar-refractivity contribution in [3.05, 3.63) is 29.8 Å². The summed E-state index contributed by atoms with van der Waals surface area (Å²) in [5.41, 5.74) is 0.712. The van der Waals surface area contributed by atoms with Crippen molar-refractivity contribution in [3.8, 4) is 5.75 Å². The molecular formula is C16H23NO2. The molecule has 1 aromatic carbocycles. The van der Waals surface area contributed by atoms with Gasteiger partial charge in [-0.15, -0.1) is 0 Å². The summed E-state index contributed by atoms with van der Waals surface area (Å²) in [6.07, 6.45) is 4.07. The largest absolute Gasteiger partial charge is 0.493 e. The summed E-state index contributed by atoms with van der Waals surface area (Å²) < 4.78 is 5.53. The number of hydrogen-bond acceptors (Lipinski definition) is 3. The van der Waals surface area contributed by atoms with Crippen molar-refractivity contribution in [2.75, 3.05) is 6.61 Å². The van der Waals surface area contributed by atoms with E-state index in [4.69, 9.17) is 4.74 Å². The highest BCUT2D eigenvalue weighted by Gasteiger charge is 2.22. The van der Waals surface area contributed by atoms with Gasteiger partial charge >= 0.3 is 0 Å². The van der Waals surface area contributed by atoms with Crippen LogP contribution in [0.2, 0.25) is 0 Å². The first kappa shape index (κ1) is 14.1. The van der Waals surface area contributed by atoms with Crippen LogP contribution in [0.1, 0.15) is 49.9 Å². The zero-order valence-corrected chi connectivity index (χ0v) is 11.8. The van der Waals surface area contributed by atoms with E-state index in [0.717, 1.165) is 6.42 Å². The van der Waals surface area contributed by atoms with E-state index in [1.807, 2.05) is 31.2 Å². The average Bonchev–Trinajstić information content (AvgIpc) is 2.39. The van der Waals surface area contributed by atoms with E-state index < -0.39 is 0 Å². The number of carbonyl (C=O) groups excluding carboxylic acids is 1. The van der Waals surface area contributed by atoms with Gasteiger partial charge < -0.3 is 10.1 Å². The summed E-state index contributed by atoms with van der Waals surface area (Å²) in [5, 5.41) is 3.51. The summed E-state index contributed by atoms with van der Waals surface area (Å²) in [6.45, 7) is 4.71. The maximum atomic E-state index is 12.4. The second-order valence-corrected chi connectivity index (χ2v) is 5.25. The van der Waals surface area contributed by atoms with Gasteiger partial charge in [0.1, 0.15) is 5.75 Å². The Balaban J connectivity index is 2.03. The summed E-state index contributed by atoms with van der Waals surface area (Å²) in [4.78, 5) is 12.4. The zero-order chi connectivity index (χ0) is 13.7. The van der Waals surface area contributed by atoms with Gasteiger partial charge in [-0.1, -0.05) is 18.6 Å². The van der Waals surface area contributed by atoms with Gasteiger partial charge in [0.2, 0.25) is 0 Å². The maximum Gasteiger partial charge on any atom is 0.168 e. The molecule has 1 heterocycles. The van der Waals surface area contributed by atoms with Crippen LogP contribution in [0.4, 0.5) is 0 Å². The lowest BCUT2D eigenvalue weighted by Crippen LogP contribution is -2.41. The minimum absolute atomic E-state index is 0.177. The Bertz CT molecular complexity index is 431. The number of benzene rings is 1. The van der Waals surface area contributed by atoms with Crippen molar-refractivity contribution in [1.29, 1.82) is 0 Å². The Morgan fingerprint density at radius 2 is 2.16 bits per heavy atom. The van der Waals surface area contributed by atoms with Crippen LogP contribution in [0.15, 0.2) is 24.3 Å². The Labute approximate surface area is 115 Å². The van der Waals surface area contributed by atoms with Gasteiger partial charge in [-0.2, -0.15) is 0 Å². The number of ether oxygens (including phenoxy) is 1. The number of nitrogens with one attached hydrogen (secondary N) is 1. The fourth-order valence-electron chi connectivity index (χ4n) is 2.71. The highest BCUT2D eigenvalue weighted by molar-refractivity contribution is 5.99. The number of ketones is 1. The molecule has 1 fully saturated rings. The molecule has 2 rings (SSSR count). The topological polar surface area (TPSA) is 38.3 Å². The Hall–Kier alpha value is -1.35. The average molecular weight is 261 g/mol. The molecule has 1 aromatic rings. The zero-order valence-electron chi connectivity index (χ0n) is 11.8. The lowest BCUT2D eigenvalue weighted by Gasteiger charge is -2.28. The maximum absolute atomic E-state index is 12.4. The highest BCUT2D eigenvalue weighted by atomic mass is 16.5. The minimum Gasteiger partial charge on any atom is -0.493 e. The normalized spacial score (nSPS) is 23.1. The van der Waals surface area contributed by atoms with Crippen LogP contribution in [-0.2, 0) is 0 Å². The minimum atomic E-state index is 0.177. The van der Waals surface area contributed by atoms with Gasteiger partial charge in [0.25, 0.3) is 0 Å². The third-order valence-electron chi connectivity index (χ3n) is 3.63. The number of rotatable bonds is 5. The molecule has 2 atom stereocenters. The first-order chi connectivity index (χ1) is 9.20. The van der Waals surface area contributed by atoms with Gasteiger partial charge in [0.05, 0.1) is 12.2 Å². The number of para-hydroxylation sites is 1. The number of carbonyl (C=O) groups is 1. The molecule has 104 valence electrons. The van der Waals surface area contributed by atoms with Crippen LogP contribution in [0.3, 0.4) is 0 Å². The molecule has 1 saturated heterocycles. The van der Waals surface area contributed by atoms with E-state index in [-0.39, 0.29) is 5.78 Å². The van der Waals surface area contributed by atoms with Crippen LogP contribution in [0, 0.1) is 0 Å². The predicted octanol–water partition coefficient (Wildman–Crippen LogP) is 3.19. The molecule has 0 spiro atoms. The molecule has 19 heavy (non-hydrogen) atoms. The third kappa shape index (κ3) is 3.80. The SMILES string of the molecule is CCOc1ccccc1C(=O)CC1CCCC(C)N1. The van der Waals surface area contributed by atoms with Crippen LogP contribution >= 0.6 is 0 Å².